The summed E-state index contributed by atoms with van der Waals surface area (Å²) >= 11 is 1.92. The molecule has 0 aliphatic carbocycles. The maximum atomic E-state index is 5.27. The Bertz CT molecular complexity index is 53.7. The average molecular weight is 116 g/mol. The van der Waals surface area contributed by atoms with Gasteiger partial charge in [0.1, 0.15) is 0 Å². The van der Waals surface area contributed by atoms with Crippen LogP contribution in [-0.2, 0) is 4.65 Å². The van der Waals surface area contributed by atoms with Crippen LogP contribution in [0.1, 0.15) is 6.92 Å². The Labute approximate surface area is 48.8 Å². The highest BCUT2D eigenvalue weighted by molar-refractivity contribution is 8.25. The molecule has 0 amide bonds. The Morgan fingerprint density at radius 2 is 2.71 bits per heavy atom. The maximum absolute atomic E-state index is 5.27. The zero-order valence-corrected chi connectivity index (χ0v) is 5.33. The van der Waals surface area contributed by atoms with E-state index in [1.165, 1.54) is 5.75 Å². The van der Waals surface area contributed by atoms with Crippen molar-refractivity contribution in [3.63, 3.8) is 0 Å². The molecule has 0 aromatic rings. The zero-order valence-electron chi connectivity index (χ0n) is 4.52. The Hall–Kier alpha value is 0.375. The normalized spacial score (nSPS) is 21.0. The SMILES string of the molecule is CCB1OCCS1. The summed E-state index contributed by atoms with van der Waals surface area (Å²) in [6.45, 7) is 3.12. The summed E-state index contributed by atoms with van der Waals surface area (Å²) in [5.74, 6) is 1.19. The van der Waals surface area contributed by atoms with E-state index in [9.17, 15) is 0 Å². The van der Waals surface area contributed by atoms with Crippen molar-refractivity contribution < 1.29 is 4.65 Å². The lowest BCUT2D eigenvalue weighted by atomic mass is 9.95. The van der Waals surface area contributed by atoms with Crippen LogP contribution in [0.3, 0.4) is 0 Å². The quantitative estimate of drug-likeness (QED) is 0.477. The Balaban J connectivity index is 2.14. The van der Waals surface area contributed by atoms with Gasteiger partial charge in [-0.25, -0.2) is 0 Å². The molecule has 3 heteroatoms. The number of hydrogen-bond acceptors (Lipinski definition) is 2. The molecule has 1 saturated heterocycles. The zero-order chi connectivity index (χ0) is 5.11. The first kappa shape index (κ1) is 5.51. The summed E-state index contributed by atoms with van der Waals surface area (Å²) in [6.07, 6.45) is 1.67. The Morgan fingerprint density at radius 3 is 3.00 bits per heavy atom. The fourth-order valence-electron chi connectivity index (χ4n) is 0.643. The minimum absolute atomic E-state index is 0.514. The Morgan fingerprint density at radius 1 is 1.86 bits per heavy atom. The third-order valence-corrected chi connectivity index (χ3v) is 2.27. The van der Waals surface area contributed by atoms with Crippen molar-refractivity contribution in [3.05, 3.63) is 0 Å². The van der Waals surface area contributed by atoms with Gasteiger partial charge in [-0.05, 0) is 6.32 Å². The van der Waals surface area contributed by atoms with Crippen molar-refractivity contribution >= 4 is 17.8 Å². The van der Waals surface area contributed by atoms with Gasteiger partial charge in [-0.15, -0.1) is 0 Å². The summed E-state index contributed by atoms with van der Waals surface area (Å²) in [7, 11) is 0. The van der Waals surface area contributed by atoms with Crippen LogP contribution in [0.4, 0.5) is 0 Å². The standard InChI is InChI=1S/C4H9BOS/c1-2-5-6-3-4-7-5/h2-4H2,1H3. The first-order chi connectivity index (χ1) is 3.43. The fourth-order valence-corrected chi connectivity index (χ4v) is 1.53. The van der Waals surface area contributed by atoms with E-state index in [2.05, 4.69) is 6.92 Å². The van der Waals surface area contributed by atoms with Crippen LogP contribution in [0.15, 0.2) is 0 Å². The molecule has 0 spiro atoms. The molecule has 0 atom stereocenters. The van der Waals surface area contributed by atoms with Crippen molar-refractivity contribution in [1.29, 1.82) is 0 Å². The van der Waals surface area contributed by atoms with Gasteiger partial charge in [-0.2, -0.15) is 11.6 Å². The van der Waals surface area contributed by atoms with Crippen LogP contribution < -0.4 is 0 Å². The Kier molecular flexibility index (Phi) is 2.07. The largest absolute Gasteiger partial charge is 0.425 e. The third kappa shape index (κ3) is 1.39. The van der Waals surface area contributed by atoms with Crippen molar-refractivity contribution in [3.8, 4) is 0 Å². The molecule has 1 rings (SSSR count). The summed E-state index contributed by atoms with van der Waals surface area (Å²) in [5, 5.41) is 0. The molecule has 0 unspecified atom stereocenters. The molecule has 0 bridgehead atoms. The van der Waals surface area contributed by atoms with Gasteiger partial charge in [0.2, 0.25) is 0 Å². The first-order valence-electron chi connectivity index (χ1n) is 2.66. The van der Waals surface area contributed by atoms with E-state index in [1.54, 1.807) is 0 Å². The topological polar surface area (TPSA) is 9.23 Å². The molecule has 1 aliphatic rings. The van der Waals surface area contributed by atoms with Gasteiger partial charge >= 0.3 is 6.19 Å². The minimum atomic E-state index is 0.514. The van der Waals surface area contributed by atoms with E-state index in [1.807, 2.05) is 11.6 Å². The summed E-state index contributed by atoms with van der Waals surface area (Å²) < 4.78 is 5.27. The van der Waals surface area contributed by atoms with Crippen molar-refractivity contribution in [2.75, 3.05) is 12.4 Å². The highest BCUT2D eigenvalue weighted by Gasteiger charge is 2.18. The molecule has 0 aromatic carbocycles. The molecular formula is C4H9BOS. The molecule has 0 saturated carbocycles. The van der Waals surface area contributed by atoms with Gasteiger partial charge in [0.05, 0.1) is 0 Å². The maximum Gasteiger partial charge on any atom is 0.361 e. The lowest BCUT2D eigenvalue weighted by Gasteiger charge is -1.94. The monoisotopic (exact) mass is 116 g/mol. The second kappa shape index (κ2) is 2.63. The summed E-state index contributed by atoms with van der Waals surface area (Å²) in [4.78, 5) is 0. The number of hydrogen-bond donors (Lipinski definition) is 0. The van der Waals surface area contributed by atoms with Crippen LogP contribution in [0, 0.1) is 0 Å². The highest BCUT2D eigenvalue weighted by atomic mass is 32.2. The molecule has 0 N–H and O–H groups in total. The molecule has 0 radical (unpaired) electrons. The second-order valence-electron chi connectivity index (χ2n) is 1.58. The predicted octanol–water partition coefficient (Wildman–Crippen LogP) is 1.26. The average Bonchev–Trinajstić information content (AvgIpc) is 2.14. The molecule has 7 heavy (non-hydrogen) atoms. The van der Waals surface area contributed by atoms with Gasteiger partial charge in [0.15, 0.2) is 0 Å². The predicted molar refractivity (Wildman–Crippen MR) is 34.6 cm³/mol. The van der Waals surface area contributed by atoms with E-state index in [4.69, 9.17) is 4.65 Å². The molecule has 1 fully saturated rings. The molecule has 1 heterocycles. The number of rotatable bonds is 1. The van der Waals surface area contributed by atoms with Crippen LogP contribution in [0.2, 0.25) is 6.32 Å². The van der Waals surface area contributed by atoms with Crippen LogP contribution in [0.5, 0.6) is 0 Å². The van der Waals surface area contributed by atoms with Crippen LogP contribution in [0.25, 0.3) is 0 Å². The van der Waals surface area contributed by atoms with Gasteiger partial charge in [-0.1, -0.05) is 6.92 Å². The molecule has 1 nitrogen and oxygen atoms in total. The van der Waals surface area contributed by atoms with E-state index in [0.29, 0.717) is 6.19 Å². The van der Waals surface area contributed by atoms with Crippen molar-refractivity contribution in [2.45, 2.75) is 13.2 Å². The second-order valence-corrected chi connectivity index (χ2v) is 2.85. The van der Waals surface area contributed by atoms with Crippen LogP contribution in [-0.4, -0.2) is 18.6 Å². The van der Waals surface area contributed by atoms with E-state index >= 15 is 0 Å². The van der Waals surface area contributed by atoms with Gasteiger partial charge in [-0.3, -0.25) is 0 Å². The van der Waals surface area contributed by atoms with Gasteiger partial charge < -0.3 is 4.65 Å². The first-order valence-corrected chi connectivity index (χ1v) is 3.71. The van der Waals surface area contributed by atoms with Crippen molar-refractivity contribution in [2.24, 2.45) is 0 Å². The van der Waals surface area contributed by atoms with Gasteiger partial charge in [0, 0.05) is 12.4 Å². The van der Waals surface area contributed by atoms with Crippen LogP contribution >= 0.6 is 11.6 Å². The third-order valence-electron chi connectivity index (χ3n) is 1.02. The molecule has 1 aliphatic heterocycles. The van der Waals surface area contributed by atoms with Gasteiger partial charge in [0.25, 0.3) is 0 Å². The lowest BCUT2D eigenvalue weighted by molar-refractivity contribution is 0.370. The highest BCUT2D eigenvalue weighted by Crippen LogP contribution is 2.17. The smallest absolute Gasteiger partial charge is 0.361 e. The fraction of sp³-hybridized carbons (Fsp3) is 1.00. The van der Waals surface area contributed by atoms with Crippen molar-refractivity contribution in [1.82, 2.24) is 0 Å². The lowest BCUT2D eigenvalue weighted by Crippen LogP contribution is -2.03. The van der Waals surface area contributed by atoms with E-state index in [-0.39, 0.29) is 0 Å². The van der Waals surface area contributed by atoms with E-state index < -0.39 is 0 Å². The minimum Gasteiger partial charge on any atom is -0.425 e. The summed E-state index contributed by atoms with van der Waals surface area (Å²) in [6, 6.07) is 0. The molecule has 0 aromatic heterocycles. The summed E-state index contributed by atoms with van der Waals surface area (Å²) in [5.41, 5.74) is 0. The molecular weight excluding hydrogens is 107 g/mol. The van der Waals surface area contributed by atoms with E-state index in [0.717, 1.165) is 12.9 Å². The molecule has 40 valence electrons.